The fraction of sp³-hybridized carbons (Fsp3) is 0.261. The van der Waals surface area contributed by atoms with E-state index in [1.807, 2.05) is 63.2 Å². The quantitative estimate of drug-likeness (QED) is 0.625. The van der Waals surface area contributed by atoms with Crippen molar-refractivity contribution in [1.29, 1.82) is 0 Å². The number of aryl methyl sites for hydroxylation is 2. The molecule has 7 heteroatoms. The van der Waals surface area contributed by atoms with Crippen LogP contribution in [0.25, 0.3) is 5.69 Å². The van der Waals surface area contributed by atoms with Gasteiger partial charge in [0.25, 0.3) is 0 Å². The average molecular weight is 421 g/mol. The Bertz CT molecular complexity index is 1110. The molecule has 1 aliphatic heterocycles. The summed E-state index contributed by atoms with van der Waals surface area (Å²) in [5.41, 5.74) is 5.99. The van der Waals surface area contributed by atoms with Gasteiger partial charge in [-0.25, -0.2) is 4.68 Å². The van der Waals surface area contributed by atoms with Gasteiger partial charge < -0.3 is 10.6 Å². The van der Waals surface area contributed by atoms with Crippen molar-refractivity contribution in [2.45, 2.75) is 38.3 Å². The van der Waals surface area contributed by atoms with E-state index >= 15 is 0 Å². The van der Waals surface area contributed by atoms with Crippen molar-refractivity contribution in [2.75, 3.05) is 5.32 Å². The molecule has 0 fully saturated rings. The van der Waals surface area contributed by atoms with Gasteiger partial charge in [-0.1, -0.05) is 48.0 Å². The first-order valence-electron chi connectivity index (χ1n) is 9.87. The normalized spacial score (nSPS) is 13.6. The maximum absolute atomic E-state index is 12.7. The second-order valence-corrected chi connectivity index (χ2v) is 8.51. The third-order valence-electron chi connectivity index (χ3n) is 5.22. The molecule has 1 aliphatic rings. The lowest BCUT2D eigenvalue weighted by Crippen LogP contribution is -2.37. The first-order chi connectivity index (χ1) is 14.4. The number of rotatable bonds is 4. The third kappa shape index (κ3) is 3.98. The molecule has 2 aromatic carbocycles. The molecule has 154 valence electrons. The Morgan fingerprint density at radius 3 is 2.57 bits per heavy atom. The number of aromatic nitrogens is 2. The molecule has 30 heavy (non-hydrogen) atoms. The number of hydrogen-bond donors (Lipinski definition) is 2. The molecule has 0 radical (unpaired) electrons. The van der Waals surface area contributed by atoms with Crippen LogP contribution in [0, 0.1) is 13.8 Å². The number of thioether (sulfide) groups is 1. The molecule has 0 unspecified atom stereocenters. The van der Waals surface area contributed by atoms with E-state index in [4.69, 9.17) is 5.10 Å². The van der Waals surface area contributed by atoms with Crippen LogP contribution in [0.15, 0.2) is 48.5 Å². The summed E-state index contributed by atoms with van der Waals surface area (Å²) in [5, 5.41) is 10.3. The van der Waals surface area contributed by atoms with Gasteiger partial charge in [0.05, 0.1) is 17.4 Å². The van der Waals surface area contributed by atoms with Crippen molar-refractivity contribution in [3.63, 3.8) is 0 Å². The van der Waals surface area contributed by atoms with Crippen LogP contribution in [0.2, 0.25) is 0 Å². The highest BCUT2D eigenvalue weighted by Crippen LogP contribution is 2.36. The smallest absolute Gasteiger partial charge is 0.314 e. The molecule has 1 atom stereocenters. The van der Waals surface area contributed by atoms with Gasteiger partial charge >= 0.3 is 11.8 Å². The van der Waals surface area contributed by atoms with Crippen LogP contribution in [-0.2, 0) is 21.1 Å². The van der Waals surface area contributed by atoms with E-state index in [9.17, 15) is 9.59 Å². The minimum Gasteiger partial charge on any atom is -0.341 e. The summed E-state index contributed by atoms with van der Waals surface area (Å²) in [6.07, 6.45) is 0. The van der Waals surface area contributed by atoms with Crippen LogP contribution < -0.4 is 10.6 Å². The van der Waals surface area contributed by atoms with E-state index in [2.05, 4.69) is 16.7 Å². The van der Waals surface area contributed by atoms with E-state index in [0.717, 1.165) is 45.1 Å². The monoisotopic (exact) mass is 420 g/mol. The number of nitrogens with one attached hydrogen (secondary N) is 2. The molecule has 2 N–H and O–H groups in total. The van der Waals surface area contributed by atoms with Crippen LogP contribution in [0.1, 0.15) is 40.9 Å². The lowest BCUT2D eigenvalue weighted by Gasteiger charge is -2.16. The first kappa shape index (κ1) is 20.2. The van der Waals surface area contributed by atoms with Gasteiger partial charge in [-0.15, -0.1) is 0 Å². The van der Waals surface area contributed by atoms with E-state index < -0.39 is 11.8 Å². The van der Waals surface area contributed by atoms with Crippen LogP contribution in [0.4, 0.5) is 5.82 Å². The fourth-order valence-corrected chi connectivity index (χ4v) is 4.65. The molecular formula is C23H24N4O2S. The van der Waals surface area contributed by atoms with E-state index in [1.165, 1.54) is 0 Å². The molecule has 0 saturated heterocycles. The number of benzene rings is 2. The van der Waals surface area contributed by atoms with E-state index in [1.54, 1.807) is 16.4 Å². The van der Waals surface area contributed by atoms with Gasteiger partial charge in [0.15, 0.2) is 0 Å². The predicted molar refractivity (Wildman–Crippen MR) is 120 cm³/mol. The Balaban J connectivity index is 1.58. The number of anilines is 1. The topological polar surface area (TPSA) is 76.0 Å². The zero-order chi connectivity index (χ0) is 21.3. The lowest BCUT2D eigenvalue weighted by molar-refractivity contribution is -0.136. The van der Waals surface area contributed by atoms with E-state index in [0.29, 0.717) is 5.82 Å². The van der Waals surface area contributed by atoms with Crippen molar-refractivity contribution in [1.82, 2.24) is 15.1 Å². The molecule has 3 aromatic rings. The molecule has 0 saturated carbocycles. The van der Waals surface area contributed by atoms with Gasteiger partial charge in [-0.3, -0.25) is 9.59 Å². The van der Waals surface area contributed by atoms with Gasteiger partial charge in [-0.2, -0.15) is 16.9 Å². The minimum atomic E-state index is -0.691. The number of fused-ring (bicyclic) bond motifs is 1. The SMILES string of the molecule is Cc1ccc(-n2nc3c(c2NC(=O)C(=O)N[C@@H](C)c2ccccc2)CSC3)c(C)c1. The highest BCUT2D eigenvalue weighted by atomic mass is 32.2. The fourth-order valence-electron chi connectivity index (χ4n) is 3.61. The number of carbonyl (C=O) groups is 2. The van der Waals surface area contributed by atoms with Crippen molar-refractivity contribution < 1.29 is 9.59 Å². The van der Waals surface area contributed by atoms with Gasteiger partial charge in [-0.05, 0) is 38.0 Å². The average Bonchev–Trinajstić information content (AvgIpc) is 3.31. The van der Waals surface area contributed by atoms with Crippen LogP contribution in [0.3, 0.4) is 0 Å². The van der Waals surface area contributed by atoms with Crippen LogP contribution in [-0.4, -0.2) is 21.6 Å². The summed E-state index contributed by atoms with van der Waals surface area (Å²) in [6, 6.07) is 15.4. The number of carbonyl (C=O) groups excluding carboxylic acids is 2. The standard InChI is InChI=1S/C23H24N4O2S/c1-14-9-10-20(15(2)11-14)27-21(18-12-30-13-19(18)26-27)25-23(29)22(28)24-16(3)17-7-5-4-6-8-17/h4-11,16H,12-13H2,1-3H3,(H,24,28)(H,25,29)/t16-/m0/s1. The molecular weight excluding hydrogens is 396 g/mol. The van der Waals surface area contributed by atoms with Crippen molar-refractivity contribution >= 4 is 29.4 Å². The Hall–Kier alpha value is -3.06. The van der Waals surface area contributed by atoms with Gasteiger partial charge in [0.2, 0.25) is 0 Å². The largest absolute Gasteiger partial charge is 0.341 e. The number of nitrogens with zero attached hydrogens (tertiary/aromatic N) is 2. The molecule has 4 rings (SSSR count). The predicted octanol–water partition coefficient (Wildman–Crippen LogP) is 4.05. The molecule has 0 spiro atoms. The summed E-state index contributed by atoms with van der Waals surface area (Å²) in [6.45, 7) is 5.91. The molecule has 0 aliphatic carbocycles. The minimum absolute atomic E-state index is 0.269. The van der Waals surface area contributed by atoms with E-state index in [-0.39, 0.29) is 6.04 Å². The maximum Gasteiger partial charge on any atom is 0.314 e. The highest BCUT2D eigenvalue weighted by molar-refractivity contribution is 7.98. The van der Waals surface area contributed by atoms with Crippen LogP contribution >= 0.6 is 11.8 Å². The van der Waals surface area contributed by atoms with Gasteiger partial charge in [0, 0.05) is 17.1 Å². The molecule has 2 heterocycles. The molecule has 6 nitrogen and oxygen atoms in total. The second-order valence-electron chi connectivity index (χ2n) is 7.53. The highest BCUT2D eigenvalue weighted by Gasteiger charge is 2.27. The summed E-state index contributed by atoms with van der Waals surface area (Å²) in [4.78, 5) is 25.3. The Kier molecular flexibility index (Phi) is 5.63. The Labute approximate surface area is 180 Å². The number of hydrogen-bond acceptors (Lipinski definition) is 4. The van der Waals surface area contributed by atoms with Crippen molar-refractivity contribution in [3.8, 4) is 5.69 Å². The summed E-state index contributed by atoms with van der Waals surface area (Å²) < 4.78 is 1.75. The molecule has 0 bridgehead atoms. The molecule has 2 amide bonds. The number of amides is 2. The third-order valence-corrected chi connectivity index (χ3v) is 6.19. The van der Waals surface area contributed by atoms with Crippen molar-refractivity contribution in [3.05, 3.63) is 76.5 Å². The van der Waals surface area contributed by atoms with Crippen molar-refractivity contribution in [2.24, 2.45) is 0 Å². The summed E-state index contributed by atoms with van der Waals surface area (Å²) in [7, 11) is 0. The Morgan fingerprint density at radius 2 is 1.83 bits per heavy atom. The first-order valence-corrected chi connectivity index (χ1v) is 11.0. The summed E-state index contributed by atoms with van der Waals surface area (Å²) >= 11 is 1.75. The lowest BCUT2D eigenvalue weighted by atomic mass is 10.1. The van der Waals surface area contributed by atoms with Gasteiger partial charge in [0.1, 0.15) is 5.82 Å². The zero-order valence-electron chi connectivity index (χ0n) is 17.2. The maximum atomic E-state index is 12.7. The Morgan fingerprint density at radius 1 is 1.07 bits per heavy atom. The summed E-state index contributed by atoms with van der Waals surface area (Å²) in [5.74, 6) is 0.780. The molecule has 1 aromatic heterocycles. The zero-order valence-corrected chi connectivity index (χ0v) is 18.0. The van der Waals surface area contributed by atoms with Crippen LogP contribution in [0.5, 0.6) is 0 Å². The second kappa shape index (κ2) is 8.36.